The molecule has 3 amide bonds. The van der Waals surface area contributed by atoms with Crippen molar-refractivity contribution in [1.82, 2.24) is 14.0 Å². The molecule has 13 nitrogen and oxygen atoms in total. The molecular weight excluding hydrogens is 570 g/mol. The van der Waals surface area contributed by atoms with Crippen LogP contribution in [0.4, 0.5) is 10.5 Å². The smallest absolute Gasteiger partial charge is 0.329 e. The monoisotopic (exact) mass is 601 g/mol. The van der Waals surface area contributed by atoms with E-state index in [4.69, 9.17) is 15.2 Å². The first kappa shape index (κ1) is 30.2. The number of imidazole rings is 1. The molecule has 0 saturated carbocycles. The summed E-state index contributed by atoms with van der Waals surface area (Å²) in [4.78, 5) is 64.8. The molecule has 1 saturated heterocycles. The number of imide groups is 1. The van der Waals surface area contributed by atoms with Crippen LogP contribution in [0.1, 0.15) is 39.9 Å². The summed E-state index contributed by atoms with van der Waals surface area (Å²) in [7, 11) is 2.66. The standard InChI is InChI=1S/C31H31N5O8/c1-33(30(32)39)26(37)16-20-10-12-24(29(38)19-7-4-3-5-8-19)28-27(20)34(31(40)35(28)18-23-9-6-14-44-23)17-21-15-22(36(41)42)11-13-25(21)43-2/h3-5,7-8,10-13,15,23H,6,9,14,16-18H2,1-2H3,(H2,32,39). The SMILES string of the molecule is COc1ccc([N+](=O)[O-])cc1Cn1c(=O)n(CC2CCCO2)c2c(C(=O)c3ccccc3)ccc(CC(=O)N(C)C(N)=O)c21. The molecule has 1 atom stereocenters. The number of benzene rings is 3. The van der Waals surface area contributed by atoms with Gasteiger partial charge < -0.3 is 15.2 Å². The summed E-state index contributed by atoms with van der Waals surface area (Å²) in [5.74, 6) is -0.654. The summed E-state index contributed by atoms with van der Waals surface area (Å²) < 4.78 is 14.1. The fraction of sp³-hybridized carbons (Fsp3) is 0.290. The summed E-state index contributed by atoms with van der Waals surface area (Å²) in [6.07, 6.45) is 0.926. The van der Waals surface area contributed by atoms with Crippen LogP contribution in [0.2, 0.25) is 0 Å². The van der Waals surface area contributed by atoms with Crippen LogP contribution < -0.4 is 16.2 Å². The van der Waals surface area contributed by atoms with Crippen molar-refractivity contribution < 1.29 is 28.8 Å². The molecule has 0 radical (unpaired) electrons. The molecule has 1 aliphatic rings. The number of nitro groups is 1. The van der Waals surface area contributed by atoms with Crippen molar-refractivity contribution in [1.29, 1.82) is 0 Å². The second-order valence-corrected chi connectivity index (χ2v) is 10.5. The third-order valence-corrected chi connectivity index (χ3v) is 7.78. The highest BCUT2D eigenvalue weighted by molar-refractivity contribution is 6.16. The molecule has 228 valence electrons. The highest BCUT2D eigenvalue weighted by atomic mass is 16.6. The number of nitro benzene ring substituents is 1. The Morgan fingerprint density at radius 2 is 1.82 bits per heavy atom. The molecule has 1 unspecified atom stereocenters. The quantitative estimate of drug-likeness (QED) is 0.164. The average Bonchev–Trinajstić information content (AvgIpc) is 3.64. The number of hydrogen-bond acceptors (Lipinski definition) is 8. The highest BCUT2D eigenvalue weighted by Gasteiger charge is 2.28. The van der Waals surface area contributed by atoms with Crippen LogP contribution in [0, 0.1) is 10.1 Å². The molecule has 13 heteroatoms. The Balaban J connectivity index is 1.79. The summed E-state index contributed by atoms with van der Waals surface area (Å²) in [5, 5.41) is 11.6. The summed E-state index contributed by atoms with van der Waals surface area (Å²) in [6, 6.07) is 14.8. The van der Waals surface area contributed by atoms with E-state index in [2.05, 4.69) is 0 Å². The van der Waals surface area contributed by atoms with Gasteiger partial charge in [0, 0.05) is 42.5 Å². The molecule has 1 aromatic heterocycles. The van der Waals surface area contributed by atoms with Crippen LogP contribution in [0.3, 0.4) is 0 Å². The Bertz CT molecular complexity index is 1820. The number of aromatic nitrogens is 2. The first-order chi connectivity index (χ1) is 21.1. The molecular formula is C31H31N5O8. The Hall–Kier alpha value is -5.30. The number of rotatable bonds is 10. The van der Waals surface area contributed by atoms with Crippen LogP contribution >= 0.6 is 0 Å². The first-order valence-electron chi connectivity index (χ1n) is 13.9. The molecule has 0 aliphatic carbocycles. The number of urea groups is 1. The van der Waals surface area contributed by atoms with Gasteiger partial charge in [-0.3, -0.25) is 33.7 Å². The van der Waals surface area contributed by atoms with E-state index in [0.29, 0.717) is 35.5 Å². The van der Waals surface area contributed by atoms with E-state index in [0.717, 1.165) is 11.3 Å². The van der Waals surface area contributed by atoms with Gasteiger partial charge in [-0.25, -0.2) is 9.59 Å². The van der Waals surface area contributed by atoms with Gasteiger partial charge in [0.05, 0.1) is 48.7 Å². The normalized spacial score (nSPS) is 14.5. The molecule has 5 rings (SSSR count). The van der Waals surface area contributed by atoms with Crippen molar-refractivity contribution in [2.75, 3.05) is 20.8 Å². The molecule has 1 fully saturated rings. The molecule has 2 heterocycles. The summed E-state index contributed by atoms with van der Waals surface area (Å²) in [5.41, 5.74) is 6.51. The van der Waals surface area contributed by atoms with E-state index in [1.807, 2.05) is 0 Å². The Morgan fingerprint density at radius 3 is 2.45 bits per heavy atom. The zero-order chi connectivity index (χ0) is 31.5. The predicted octanol–water partition coefficient (Wildman–Crippen LogP) is 3.26. The van der Waals surface area contributed by atoms with Crippen LogP contribution in [-0.2, 0) is 29.0 Å². The Labute approximate surface area is 251 Å². The number of amides is 3. The minimum absolute atomic E-state index is 0.141. The highest BCUT2D eigenvalue weighted by Crippen LogP contribution is 2.30. The third kappa shape index (κ3) is 5.81. The number of nitrogens with two attached hydrogens (primary N) is 1. The van der Waals surface area contributed by atoms with Gasteiger partial charge in [-0.2, -0.15) is 0 Å². The lowest BCUT2D eigenvalue weighted by Crippen LogP contribution is -2.38. The lowest BCUT2D eigenvalue weighted by atomic mass is 9.98. The number of primary amides is 1. The fourth-order valence-corrected chi connectivity index (χ4v) is 5.49. The number of ether oxygens (including phenoxy) is 2. The second kappa shape index (κ2) is 12.5. The maximum absolute atomic E-state index is 14.3. The maximum atomic E-state index is 14.3. The molecule has 2 N–H and O–H groups in total. The Morgan fingerprint density at radius 1 is 1.07 bits per heavy atom. The molecule has 44 heavy (non-hydrogen) atoms. The van der Waals surface area contributed by atoms with Gasteiger partial charge in [0.1, 0.15) is 5.75 Å². The van der Waals surface area contributed by atoms with Gasteiger partial charge in [0.2, 0.25) is 5.91 Å². The number of carbonyl (C=O) groups excluding carboxylic acids is 3. The van der Waals surface area contributed by atoms with Gasteiger partial charge >= 0.3 is 11.7 Å². The van der Waals surface area contributed by atoms with E-state index in [1.165, 1.54) is 41.5 Å². The van der Waals surface area contributed by atoms with Gasteiger partial charge in [0.15, 0.2) is 5.78 Å². The lowest BCUT2D eigenvalue weighted by Gasteiger charge is -2.16. The van der Waals surface area contributed by atoms with Crippen LogP contribution in [-0.4, -0.2) is 63.5 Å². The maximum Gasteiger partial charge on any atom is 0.329 e. The van der Waals surface area contributed by atoms with Crippen LogP contribution in [0.5, 0.6) is 5.75 Å². The van der Waals surface area contributed by atoms with E-state index in [1.54, 1.807) is 42.5 Å². The summed E-state index contributed by atoms with van der Waals surface area (Å²) in [6.45, 7) is 0.508. The number of methoxy groups -OCH3 is 1. The van der Waals surface area contributed by atoms with Crippen LogP contribution in [0.15, 0.2) is 65.5 Å². The third-order valence-electron chi connectivity index (χ3n) is 7.78. The number of likely N-dealkylation sites (N-methyl/N-ethyl adjacent to an activating group) is 1. The number of non-ortho nitro benzene ring substituents is 1. The lowest BCUT2D eigenvalue weighted by molar-refractivity contribution is -0.384. The number of nitrogens with zero attached hydrogens (tertiary/aromatic N) is 4. The number of fused-ring (bicyclic) bond motifs is 1. The molecule has 3 aromatic carbocycles. The van der Waals surface area contributed by atoms with Gasteiger partial charge in [0.25, 0.3) is 5.69 Å². The van der Waals surface area contributed by atoms with Crippen molar-refractivity contribution in [3.63, 3.8) is 0 Å². The van der Waals surface area contributed by atoms with Crippen LogP contribution in [0.25, 0.3) is 11.0 Å². The topological polar surface area (TPSA) is 169 Å². The largest absolute Gasteiger partial charge is 0.496 e. The number of ketones is 1. The van der Waals surface area contributed by atoms with Gasteiger partial charge in [-0.05, 0) is 30.5 Å². The molecule has 1 aliphatic heterocycles. The second-order valence-electron chi connectivity index (χ2n) is 10.5. The fourth-order valence-electron chi connectivity index (χ4n) is 5.49. The van der Waals surface area contributed by atoms with Crippen molar-refractivity contribution in [3.8, 4) is 5.75 Å². The van der Waals surface area contributed by atoms with Crippen molar-refractivity contribution in [3.05, 3.63) is 104 Å². The van der Waals surface area contributed by atoms with E-state index < -0.39 is 22.6 Å². The van der Waals surface area contributed by atoms with E-state index in [9.17, 15) is 29.3 Å². The summed E-state index contributed by atoms with van der Waals surface area (Å²) >= 11 is 0. The minimum Gasteiger partial charge on any atom is -0.496 e. The molecule has 0 bridgehead atoms. The number of hydrogen-bond donors (Lipinski definition) is 1. The van der Waals surface area contributed by atoms with Gasteiger partial charge in [-0.1, -0.05) is 36.4 Å². The zero-order valence-electron chi connectivity index (χ0n) is 24.2. The van der Waals surface area contributed by atoms with E-state index in [-0.39, 0.29) is 53.7 Å². The predicted molar refractivity (Wildman–Crippen MR) is 160 cm³/mol. The Kier molecular flexibility index (Phi) is 8.58. The zero-order valence-corrected chi connectivity index (χ0v) is 24.2. The van der Waals surface area contributed by atoms with Crippen molar-refractivity contribution >= 4 is 34.4 Å². The van der Waals surface area contributed by atoms with Gasteiger partial charge in [-0.15, -0.1) is 0 Å². The minimum atomic E-state index is -0.947. The molecule has 0 spiro atoms. The van der Waals surface area contributed by atoms with E-state index >= 15 is 0 Å². The average molecular weight is 602 g/mol. The van der Waals surface area contributed by atoms with Crippen molar-refractivity contribution in [2.24, 2.45) is 5.73 Å². The van der Waals surface area contributed by atoms with Crippen molar-refractivity contribution in [2.45, 2.75) is 38.5 Å². The first-order valence-corrected chi connectivity index (χ1v) is 13.9. The number of carbonyl (C=O) groups is 3. The molecule has 4 aromatic rings.